The van der Waals surface area contributed by atoms with Crippen molar-refractivity contribution in [2.75, 3.05) is 26.2 Å². The molecule has 1 aliphatic rings. The Morgan fingerprint density at radius 2 is 2.29 bits per heavy atom. The van der Waals surface area contributed by atoms with Gasteiger partial charge in [0.2, 0.25) is 5.91 Å². The Balaban J connectivity index is 2.32. The molecule has 1 rings (SSSR count). The van der Waals surface area contributed by atoms with Crippen LogP contribution < -0.4 is 11.5 Å². The van der Waals surface area contributed by atoms with Crippen LogP contribution in [0.2, 0.25) is 0 Å². The molecule has 4 N–H and O–H groups in total. The van der Waals surface area contributed by atoms with Crippen molar-refractivity contribution >= 4 is 23.1 Å². The summed E-state index contributed by atoms with van der Waals surface area (Å²) in [4.78, 5) is 13.0. The van der Waals surface area contributed by atoms with Crippen molar-refractivity contribution < 1.29 is 9.53 Å². The summed E-state index contributed by atoms with van der Waals surface area (Å²) in [5, 5.41) is 0. The van der Waals surface area contributed by atoms with Gasteiger partial charge < -0.3 is 16.2 Å². The van der Waals surface area contributed by atoms with Crippen molar-refractivity contribution in [2.24, 2.45) is 11.5 Å². The fourth-order valence-electron chi connectivity index (χ4n) is 1.35. The Kier molecular flexibility index (Phi) is 4.24. The average molecular weight is 217 g/mol. The van der Waals surface area contributed by atoms with E-state index in [-0.39, 0.29) is 12.0 Å². The van der Waals surface area contributed by atoms with E-state index in [4.69, 9.17) is 28.4 Å². The third-order valence-corrected chi connectivity index (χ3v) is 2.41. The number of hydrogen-bond acceptors (Lipinski definition) is 4. The first kappa shape index (κ1) is 11.4. The number of hydrogen-bond donors (Lipinski definition) is 2. The predicted octanol–water partition coefficient (Wildman–Crippen LogP) is -1.15. The topological polar surface area (TPSA) is 81.6 Å². The zero-order valence-electron chi connectivity index (χ0n) is 7.94. The molecule has 1 unspecified atom stereocenters. The van der Waals surface area contributed by atoms with Gasteiger partial charge in [0.1, 0.15) is 11.1 Å². The molecule has 0 aromatic carbocycles. The standard InChI is InChI=1S/C8H15N3O2S/c9-7(12)1-2-11-3-4-13-6(5-11)8(10)14/h6H,1-5H2,(H2,9,12)(H2,10,14). The second kappa shape index (κ2) is 5.23. The van der Waals surface area contributed by atoms with E-state index >= 15 is 0 Å². The third-order valence-electron chi connectivity index (χ3n) is 2.14. The monoisotopic (exact) mass is 217 g/mol. The van der Waals surface area contributed by atoms with Gasteiger partial charge in [-0.1, -0.05) is 12.2 Å². The first-order chi connectivity index (χ1) is 6.59. The lowest BCUT2D eigenvalue weighted by molar-refractivity contribution is -0.118. The Labute approximate surface area is 88.4 Å². The summed E-state index contributed by atoms with van der Waals surface area (Å²) in [6.07, 6.45) is 0.177. The molecule has 5 nitrogen and oxygen atoms in total. The Morgan fingerprint density at radius 1 is 1.57 bits per heavy atom. The second-order valence-electron chi connectivity index (χ2n) is 3.28. The van der Waals surface area contributed by atoms with Crippen LogP contribution in [0.15, 0.2) is 0 Å². The van der Waals surface area contributed by atoms with E-state index in [0.29, 0.717) is 31.1 Å². The lowest BCUT2D eigenvalue weighted by Gasteiger charge is -2.31. The maximum absolute atomic E-state index is 10.6. The fraction of sp³-hybridized carbons (Fsp3) is 0.750. The number of carbonyl (C=O) groups excluding carboxylic acids is 1. The molecule has 0 radical (unpaired) electrons. The molecule has 0 aromatic rings. The van der Waals surface area contributed by atoms with Crippen LogP contribution in [0.4, 0.5) is 0 Å². The van der Waals surface area contributed by atoms with Gasteiger partial charge in [-0.2, -0.15) is 0 Å². The first-order valence-electron chi connectivity index (χ1n) is 4.51. The van der Waals surface area contributed by atoms with Gasteiger partial charge in [-0.25, -0.2) is 0 Å². The van der Waals surface area contributed by atoms with Gasteiger partial charge in [-0.3, -0.25) is 9.69 Å². The maximum atomic E-state index is 10.6. The van der Waals surface area contributed by atoms with E-state index in [1.54, 1.807) is 0 Å². The summed E-state index contributed by atoms with van der Waals surface area (Å²) in [6.45, 7) is 2.70. The molecule has 1 saturated heterocycles. The van der Waals surface area contributed by atoms with Gasteiger partial charge in [0.25, 0.3) is 0 Å². The first-order valence-corrected chi connectivity index (χ1v) is 4.92. The molecule has 1 fully saturated rings. The minimum atomic E-state index is -0.289. The SMILES string of the molecule is NC(=O)CCN1CCOC(C(N)=S)C1. The van der Waals surface area contributed by atoms with Crippen LogP contribution in [0.5, 0.6) is 0 Å². The van der Waals surface area contributed by atoms with Crippen molar-refractivity contribution in [3.05, 3.63) is 0 Å². The van der Waals surface area contributed by atoms with E-state index in [1.165, 1.54) is 0 Å². The molecule has 6 heteroatoms. The molecule has 80 valence electrons. The van der Waals surface area contributed by atoms with Crippen LogP contribution in [0, 0.1) is 0 Å². The highest BCUT2D eigenvalue weighted by Crippen LogP contribution is 2.05. The van der Waals surface area contributed by atoms with Gasteiger partial charge in [0.15, 0.2) is 0 Å². The van der Waals surface area contributed by atoms with Crippen LogP contribution >= 0.6 is 12.2 Å². The number of nitrogens with zero attached hydrogens (tertiary/aromatic N) is 1. The van der Waals surface area contributed by atoms with Crippen molar-refractivity contribution in [3.63, 3.8) is 0 Å². The van der Waals surface area contributed by atoms with E-state index in [1.807, 2.05) is 0 Å². The van der Waals surface area contributed by atoms with Crippen molar-refractivity contribution in [3.8, 4) is 0 Å². The van der Waals surface area contributed by atoms with Gasteiger partial charge in [0, 0.05) is 26.1 Å². The number of rotatable bonds is 4. The molecule has 0 bridgehead atoms. The summed E-state index contributed by atoms with van der Waals surface area (Å²) >= 11 is 4.84. The van der Waals surface area contributed by atoms with E-state index in [0.717, 1.165) is 6.54 Å². The summed E-state index contributed by atoms with van der Waals surface area (Å²) in [7, 11) is 0. The van der Waals surface area contributed by atoms with Crippen molar-refractivity contribution in [1.82, 2.24) is 4.90 Å². The van der Waals surface area contributed by atoms with E-state index in [2.05, 4.69) is 4.90 Å². The molecule has 1 atom stereocenters. The molecular weight excluding hydrogens is 202 g/mol. The van der Waals surface area contributed by atoms with Gasteiger partial charge >= 0.3 is 0 Å². The highest BCUT2D eigenvalue weighted by atomic mass is 32.1. The Hall–Kier alpha value is -0.720. The Bertz CT molecular complexity index is 235. The zero-order chi connectivity index (χ0) is 10.6. The highest BCUT2D eigenvalue weighted by molar-refractivity contribution is 7.80. The number of primary amides is 1. The molecular formula is C8H15N3O2S. The molecule has 14 heavy (non-hydrogen) atoms. The smallest absolute Gasteiger partial charge is 0.218 e. The molecule has 0 spiro atoms. The quantitative estimate of drug-likeness (QED) is 0.581. The molecule has 1 aliphatic heterocycles. The van der Waals surface area contributed by atoms with E-state index < -0.39 is 0 Å². The average Bonchev–Trinajstić information content (AvgIpc) is 2.15. The summed E-state index contributed by atoms with van der Waals surface area (Å²) < 4.78 is 5.35. The van der Waals surface area contributed by atoms with Crippen LogP contribution in [0.25, 0.3) is 0 Å². The number of ether oxygens (including phenoxy) is 1. The fourth-order valence-corrected chi connectivity index (χ4v) is 1.49. The third kappa shape index (κ3) is 3.57. The van der Waals surface area contributed by atoms with Crippen LogP contribution in [-0.4, -0.2) is 48.1 Å². The minimum absolute atomic E-state index is 0.188. The zero-order valence-corrected chi connectivity index (χ0v) is 8.76. The maximum Gasteiger partial charge on any atom is 0.218 e. The summed E-state index contributed by atoms with van der Waals surface area (Å²) in [6, 6.07) is 0. The van der Waals surface area contributed by atoms with Gasteiger partial charge in [-0.15, -0.1) is 0 Å². The van der Waals surface area contributed by atoms with Gasteiger partial charge in [-0.05, 0) is 0 Å². The number of morpholine rings is 1. The molecule has 0 saturated carbocycles. The predicted molar refractivity (Wildman–Crippen MR) is 56.8 cm³/mol. The molecule has 1 amide bonds. The number of nitrogens with two attached hydrogens (primary N) is 2. The van der Waals surface area contributed by atoms with Crippen LogP contribution in [0.1, 0.15) is 6.42 Å². The largest absolute Gasteiger partial charge is 0.391 e. The number of carbonyl (C=O) groups is 1. The van der Waals surface area contributed by atoms with Crippen molar-refractivity contribution in [1.29, 1.82) is 0 Å². The molecule has 0 aliphatic carbocycles. The summed E-state index contributed by atoms with van der Waals surface area (Å²) in [5.74, 6) is -0.289. The number of thiocarbonyl (C=S) groups is 1. The van der Waals surface area contributed by atoms with Crippen LogP contribution in [-0.2, 0) is 9.53 Å². The van der Waals surface area contributed by atoms with E-state index in [9.17, 15) is 4.79 Å². The highest BCUT2D eigenvalue weighted by Gasteiger charge is 2.22. The van der Waals surface area contributed by atoms with Crippen molar-refractivity contribution in [2.45, 2.75) is 12.5 Å². The summed E-state index contributed by atoms with van der Waals surface area (Å²) in [5.41, 5.74) is 10.5. The minimum Gasteiger partial charge on any atom is -0.391 e. The lowest BCUT2D eigenvalue weighted by atomic mass is 10.2. The lowest BCUT2D eigenvalue weighted by Crippen LogP contribution is -2.48. The molecule has 0 aromatic heterocycles. The normalized spacial score (nSPS) is 23.3. The molecule has 1 heterocycles. The van der Waals surface area contributed by atoms with Gasteiger partial charge in [0.05, 0.1) is 6.61 Å². The van der Waals surface area contributed by atoms with Crippen LogP contribution in [0.3, 0.4) is 0 Å². The number of amides is 1. The second-order valence-corrected chi connectivity index (χ2v) is 3.75. The Morgan fingerprint density at radius 3 is 2.86 bits per heavy atom.